The van der Waals surface area contributed by atoms with Crippen molar-refractivity contribution in [2.75, 3.05) is 30.4 Å². The second-order valence-corrected chi connectivity index (χ2v) is 8.79. The fourth-order valence-corrected chi connectivity index (χ4v) is 4.95. The van der Waals surface area contributed by atoms with Crippen molar-refractivity contribution in [1.82, 2.24) is 9.55 Å². The van der Waals surface area contributed by atoms with Crippen LogP contribution < -0.4 is 10.5 Å². The molecule has 0 aliphatic rings. The smallest absolute Gasteiger partial charge is 0.262 e. The quantitative estimate of drug-likeness (QED) is 0.181. The third-order valence-electron chi connectivity index (χ3n) is 5.70. The molecular weight excluding hydrogens is 446 g/mol. The SMILES string of the molecule is CCOCCCn1c(SCC(=O)N(CC)c2cccc3ccccc23)nc2ccccc2c1=O. The van der Waals surface area contributed by atoms with Gasteiger partial charge in [0.1, 0.15) is 0 Å². The number of fused-ring (bicyclic) bond motifs is 2. The molecule has 1 amide bonds. The highest BCUT2D eigenvalue weighted by Gasteiger charge is 2.19. The van der Waals surface area contributed by atoms with Gasteiger partial charge in [-0.1, -0.05) is 60.3 Å². The summed E-state index contributed by atoms with van der Waals surface area (Å²) >= 11 is 1.31. The van der Waals surface area contributed by atoms with Gasteiger partial charge in [0.15, 0.2) is 5.16 Å². The van der Waals surface area contributed by atoms with Crippen LogP contribution >= 0.6 is 11.8 Å². The highest BCUT2D eigenvalue weighted by molar-refractivity contribution is 7.99. The van der Waals surface area contributed by atoms with E-state index in [0.717, 1.165) is 16.5 Å². The molecule has 0 bridgehead atoms. The number of benzene rings is 3. The lowest BCUT2D eigenvalue weighted by Gasteiger charge is -2.23. The van der Waals surface area contributed by atoms with Gasteiger partial charge in [0, 0.05) is 31.7 Å². The maximum atomic E-state index is 13.3. The number of ether oxygens (including phenoxy) is 1. The average molecular weight is 476 g/mol. The van der Waals surface area contributed by atoms with Crippen molar-refractivity contribution in [1.29, 1.82) is 0 Å². The molecular formula is C27H29N3O3S. The van der Waals surface area contributed by atoms with Crippen LogP contribution in [-0.4, -0.2) is 41.0 Å². The van der Waals surface area contributed by atoms with E-state index in [1.807, 2.05) is 74.5 Å². The molecule has 1 aromatic heterocycles. The predicted molar refractivity (Wildman–Crippen MR) is 140 cm³/mol. The monoisotopic (exact) mass is 475 g/mol. The molecule has 6 nitrogen and oxygen atoms in total. The molecule has 3 aromatic carbocycles. The Balaban J connectivity index is 1.60. The highest BCUT2D eigenvalue weighted by Crippen LogP contribution is 2.28. The Morgan fingerprint density at radius 1 is 1.00 bits per heavy atom. The van der Waals surface area contributed by atoms with Crippen LogP contribution in [0.25, 0.3) is 21.7 Å². The van der Waals surface area contributed by atoms with E-state index in [4.69, 9.17) is 9.72 Å². The summed E-state index contributed by atoms with van der Waals surface area (Å²) in [5, 5.41) is 3.28. The molecule has 0 fully saturated rings. The standard InChI is InChI=1S/C27H29N3O3S/c1-3-29(24-16-9-12-20-11-5-6-13-21(20)24)25(31)19-34-27-28-23-15-8-7-14-22(23)26(32)30(27)17-10-18-33-4-2/h5-9,11-16H,3-4,10,17-19H2,1-2H3. The lowest BCUT2D eigenvalue weighted by atomic mass is 10.1. The van der Waals surface area contributed by atoms with Crippen LogP contribution in [0.5, 0.6) is 0 Å². The average Bonchev–Trinajstić information content (AvgIpc) is 2.87. The van der Waals surface area contributed by atoms with Crippen LogP contribution in [-0.2, 0) is 16.1 Å². The van der Waals surface area contributed by atoms with Gasteiger partial charge in [-0.2, -0.15) is 0 Å². The summed E-state index contributed by atoms with van der Waals surface area (Å²) in [5.74, 6) is 0.167. The van der Waals surface area contributed by atoms with Gasteiger partial charge in [0.25, 0.3) is 5.56 Å². The van der Waals surface area contributed by atoms with Gasteiger partial charge < -0.3 is 9.64 Å². The number of amides is 1. The summed E-state index contributed by atoms with van der Waals surface area (Å²) in [5.41, 5.74) is 1.45. The Hall–Kier alpha value is -3.16. The fraction of sp³-hybridized carbons (Fsp3) is 0.296. The Bertz CT molecular complexity index is 1350. The molecule has 7 heteroatoms. The zero-order valence-corrected chi connectivity index (χ0v) is 20.4. The number of aromatic nitrogens is 2. The van der Waals surface area contributed by atoms with Crippen molar-refractivity contribution in [3.05, 3.63) is 77.1 Å². The van der Waals surface area contributed by atoms with Crippen LogP contribution in [0, 0.1) is 0 Å². The largest absolute Gasteiger partial charge is 0.382 e. The van der Waals surface area contributed by atoms with Crippen LogP contribution in [0.1, 0.15) is 20.3 Å². The number of para-hydroxylation sites is 1. The number of rotatable bonds is 10. The lowest BCUT2D eigenvalue weighted by molar-refractivity contribution is -0.116. The summed E-state index contributed by atoms with van der Waals surface area (Å²) in [4.78, 5) is 33.0. The third kappa shape index (κ3) is 5.16. The van der Waals surface area contributed by atoms with Gasteiger partial charge >= 0.3 is 0 Å². The van der Waals surface area contributed by atoms with Crippen molar-refractivity contribution >= 4 is 45.0 Å². The summed E-state index contributed by atoms with van der Waals surface area (Å²) < 4.78 is 7.12. The maximum Gasteiger partial charge on any atom is 0.262 e. The van der Waals surface area contributed by atoms with Crippen LogP contribution in [0.15, 0.2) is 76.7 Å². The van der Waals surface area contributed by atoms with E-state index in [1.54, 1.807) is 15.5 Å². The number of thioether (sulfide) groups is 1. The Morgan fingerprint density at radius 3 is 2.53 bits per heavy atom. The van der Waals surface area contributed by atoms with Gasteiger partial charge in [-0.25, -0.2) is 4.98 Å². The van der Waals surface area contributed by atoms with Crippen molar-refractivity contribution in [3.8, 4) is 0 Å². The Kier molecular flexibility index (Phi) is 7.98. The van der Waals surface area contributed by atoms with Crippen molar-refractivity contribution in [2.24, 2.45) is 0 Å². The molecule has 34 heavy (non-hydrogen) atoms. The third-order valence-corrected chi connectivity index (χ3v) is 6.66. The zero-order chi connectivity index (χ0) is 23.9. The van der Waals surface area contributed by atoms with E-state index in [-0.39, 0.29) is 17.2 Å². The molecule has 0 saturated carbocycles. The number of hydrogen-bond acceptors (Lipinski definition) is 5. The Labute approximate surface area is 203 Å². The van der Waals surface area contributed by atoms with E-state index in [2.05, 4.69) is 0 Å². The molecule has 4 aromatic rings. The first kappa shape index (κ1) is 24.0. The van der Waals surface area contributed by atoms with Gasteiger partial charge in [-0.3, -0.25) is 14.2 Å². The van der Waals surface area contributed by atoms with Gasteiger partial charge in [0.05, 0.1) is 22.3 Å². The van der Waals surface area contributed by atoms with Crippen LogP contribution in [0.4, 0.5) is 5.69 Å². The molecule has 0 aliphatic heterocycles. The number of nitrogens with zero attached hydrogens (tertiary/aromatic N) is 3. The van der Waals surface area contributed by atoms with Crippen molar-refractivity contribution < 1.29 is 9.53 Å². The van der Waals surface area contributed by atoms with Gasteiger partial charge in [0.2, 0.25) is 5.91 Å². The summed E-state index contributed by atoms with van der Waals surface area (Å²) in [6.07, 6.45) is 0.701. The van der Waals surface area contributed by atoms with E-state index in [1.165, 1.54) is 11.8 Å². The van der Waals surface area contributed by atoms with Gasteiger partial charge in [-0.15, -0.1) is 0 Å². The lowest BCUT2D eigenvalue weighted by Crippen LogP contribution is -2.32. The first-order valence-corrected chi connectivity index (χ1v) is 12.6. The predicted octanol–water partition coefficient (Wildman–Crippen LogP) is 5.12. The molecule has 0 spiro atoms. The maximum absolute atomic E-state index is 13.3. The van der Waals surface area contributed by atoms with Crippen LogP contribution in [0.2, 0.25) is 0 Å². The molecule has 0 saturated heterocycles. The van der Waals surface area contributed by atoms with E-state index in [0.29, 0.717) is 48.8 Å². The number of carbonyl (C=O) groups excluding carboxylic acids is 1. The number of anilines is 1. The molecule has 0 atom stereocenters. The first-order chi connectivity index (χ1) is 16.6. The first-order valence-electron chi connectivity index (χ1n) is 11.6. The summed E-state index contributed by atoms with van der Waals surface area (Å²) in [6.45, 7) is 6.19. The molecule has 176 valence electrons. The molecule has 0 aliphatic carbocycles. The normalized spacial score (nSPS) is 11.2. The minimum atomic E-state index is -0.0848. The summed E-state index contributed by atoms with van der Waals surface area (Å²) in [7, 11) is 0. The van der Waals surface area contributed by atoms with Crippen molar-refractivity contribution in [2.45, 2.75) is 32.0 Å². The van der Waals surface area contributed by atoms with Gasteiger partial charge in [-0.05, 0) is 43.9 Å². The van der Waals surface area contributed by atoms with E-state index in [9.17, 15) is 9.59 Å². The molecule has 1 heterocycles. The Morgan fingerprint density at radius 2 is 1.74 bits per heavy atom. The second kappa shape index (κ2) is 11.3. The minimum absolute atomic E-state index is 0.0212. The molecule has 0 unspecified atom stereocenters. The number of hydrogen-bond donors (Lipinski definition) is 0. The topological polar surface area (TPSA) is 64.4 Å². The van der Waals surface area contributed by atoms with Crippen molar-refractivity contribution in [3.63, 3.8) is 0 Å². The second-order valence-electron chi connectivity index (χ2n) is 7.84. The fourth-order valence-electron chi connectivity index (χ4n) is 4.05. The molecule has 4 rings (SSSR count). The summed E-state index contributed by atoms with van der Waals surface area (Å²) in [6, 6.07) is 21.4. The highest BCUT2D eigenvalue weighted by atomic mass is 32.2. The van der Waals surface area contributed by atoms with E-state index >= 15 is 0 Å². The number of carbonyl (C=O) groups is 1. The molecule has 0 radical (unpaired) electrons. The van der Waals surface area contributed by atoms with Crippen LogP contribution in [0.3, 0.4) is 0 Å². The molecule has 0 N–H and O–H groups in total. The zero-order valence-electron chi connectivity index (χ0n) is 19.6. The minimum Gasteiger partial charge on any atom is -0.382 e. The van der Waals surface area contributed by atoms with E-state index < -0.39 is 0 Å².